The molecule has 7 heteroatoms. The van der Waals surface area contributed by atoms with Gasteiger partial charge in [0.15, 0.2) is 0 Å². The number of hydrogen-bond acceptors (Lipinski definition) is 3. The number of halogens is 3. The van der Waals surface area contributed by atoms with E-state index in [1.54, 1.807) is 0 Å². The van der Waals surface area contributed by atoms with Crippen molar-refractivity contribution in [2.24, 2.45) is 5.92 Å². The second-order valence-corrected chi connectivity index (χ2v) is 4.62. The summed E-state index contributed by atoms with van der Waals surface area (Å²) in [6, 6.07) is -0.919. The first-order valence-corrected chi connectivity index (χ1v) is 5.86. The molecule has 4 nitrogen and oxygen atoms in total. The molecule has 1 amide bonds. The molecule has 108 valence electrons. The zero-order chi connectivity index (χ0) is 14.3. The van der Waals surface area contributed by atoms with Gasteiger partial charge in [-0.15, -0.1) is 0 Å². The second-order valence-electron chi connectivity index (χ2n) is 4.62. The number of amides is 1. The van der Waals surface area contributed by atoms with Crippen molar-refractivity contribution in [3.8, 4) is 0 Å². The fourth-order valence-corrected chi connectivity index (χ4v) is 1.39. The van der Waals surface area contributed by atoms with Crippen molar-refractivity contribution in [2.75, 3.05) is 26.2 Å². The number of carbonyl (C=O) groups is 1. The summed E-state index contributed by atoms with van der Waals surface area (Å²) < 4.78 is 36.9. The maximum absolute atomic E-state index is 12.3. The predicted molar refractivity (Wildman–Crippen MR) is 62.0 cm³/mol. The van der Waals surface area contributed by atoms with Crippen LogP contribution in [0.3, 0.4) is 0 Å². The Morgan fingerprint density at radius 2 is 1.89 bits per heavy atom. The van der Waals surface area contributed by atoms with Crippen LogP contribution in [-0.4, -0.2) is 54.4 Å². The molecule has 1 atom stereocenters. The minimum atomic E-state index is -4.39. The van der Waals surface area contributed by atoms with Crippen molar-refractivity contribution in [1.82, 2.24) is 10.2 Å². The van der Waals surface area contributed by atoms with Crippen molar-refractivity contribution in [3.63, 3.8) is 0 Å². The Morgan fingerprint density at radius 1 is 1.33 bits per heavy atom. The van der Waals surface area contributed by atoms with Crippen molar-refractivity contribution in [1.29, 1.82) is 0 Å². The Labute approximate surface area is 105 Å². The van der Waals surface area contributed by atoms with Crippen LogP contribution in [0.1, 0.15) is 20.8 Å². The fourth-order valence-electron chi connectivity index (χ4n) is 1.39. The van der Waals surface area contributed by atoms with Gasteiger partial charge in [-0.2, -0.15) is 13.2 Å². The fraction of sp³-hybridized carbons (Fsp3) is 0.909. The van der Waals surface area contributed by atoms with Gasteiger partial charge in [0, 0.05) is 13.1 Å². The average molecular weight is 270 g/mol. The monoisotopic (exact) mass is 270 g/mol. The van der Waals surface area contributed by atoms with E-state index >= 15 is 0 Å². The van der Waals surface area contributed by atoms with Gasteiger partial charge in [-0.3, -0.25) is 9.69 Å². The molecule has 0 fully saturated rings. The van der Waals surface area contributed by atoms with Crippen LogP contribution in [0.25, 0.3) is 0 Å². The molecule has 2 N–H and O–H groups in total. The van der Waals surface area contributed by atoms with Gasteiger partial charge in [-0.25, -0.2) is 0 Å². The Hall–Kier alpha value is -0.820. The molecule has 0 saturated heterocycles. The highest BCUT2D eigenvalue weighted by atomic mass is 19.4. The van der Waals surface area contributed by atoms with Gasteiger partial charge >= 0.3 is 6.18 Å². The highest BCUT2D eigenvalue weighted by molar-refractivity contribution is 5.81. The lowest BCUT2D eigenvalue weighted by atomic mass is 10.2. The Kier molecular flexibility index (Phi) is 7.23. The molecule has 0 heterocycles. The van der Waals surface area contributed by atoms with E-state index in [1.165, 1.54) is 6.92 Å². The molecule has 0 radical (unpaired) electrons. The van der Waals surface area contributed by atoms with E-state index in [0.717, 1.165) is 4.90 Å². The topological polar surface area (TPSA) is 52.6 Å². The summed E-state index contributed by atoms with van der Waals surface area (Å²) in [6.45, 7) is 3.80. The molecule has 0 spiro atoms. The van der Waals surface area contributed by atoms with Crippen molar-refractivity contribution < 1.29 is 23.1 Å². The maximum atomic E-state index is 12.3. The number of rotatable bonds is 7. The third-order valence-electron chi connectivity index (χ3n) is 2.38. The van der Waals surface area contributed by atoms with E-state index in [2.05, 4.69) is 5.32 Å². The van der Waals surface area contributed by atoms with E-state index in [1.807, 2.05) is 13.8 Å². The summed E-state index contributed by atoms with van der Waals surface area (Å²) in [4.78, 5) is 12.6. The van der Waals surface area contributed by atoms with Gasteiger partial charge in [0.25, 0.3) is 0 Å². The van der Waals surface area contributed by atoms with E-state index in [-0.39, 0.29) is 12.5 Å². The number of hydrogen-bond donors (Lipinski definition) is 2. The highest BCUT2D eigenvalue weighted by Crippen LogP contribution is 2.17. The van der Waals surface area contributed by atoms with Gasteiger partial charge in [-0.1, -0.05) is 13.8 Å². The number of carbonyl (C=O) groups excluding carboxylic acids is 1. The summed E-state index contributed by atoms with van der Waals surface area (Å²) >= 11 is 0. The first kappa shape index (κ1) is 17.2. The lowest BCUT2D eigenvalue weighted by Crippen LogP contribution is -2.50. The van der Waals surface area contributed by atoms with Crippen LogP contribution >= 0.6 is 0 Å². The lowest BCUT2D eigenvalue weighted by Gasteiger charge is -2.28. The number of nitrogens with zero attached hydrogens (tertiary/aromatic N) is 1. The van der Waals surface area contributed by atoms with Crippen molar-refractivity contribution in [2.45, 2.75) is 33.0 Å². The van der Waals surface area contributed by atoms with E-state index in [9.17, 15) is 18.0 Å². The molecule has 0 rings (SSSR count). The van der Waals surface area contributed by atoms with E-state index in [4.69, 9.17) is 5.11 Å². The number of nitrogens with one attached hydrogen (secondary N) is 1. The van der Waals surface area contributed by atoms with Crippen molar-refractivity contribution in [3.05, 3.63) is 0 Å². The van der Waals surface area contributed by atoms with Crippen LogP contribution in [0.4, 0.5) is 13.2 Å². The lowest BCUT2D eigenvalue weighted by molar-refractivity contribution is -0.155. The van der Waals surface area contributed by atoms with E-state index < -0.39 is 31.3 Å². The molecule has 0 bridgehead atoms. The smallest absolute Gasteiger partial charge is 0.395 e. The molecule has 0 aromatic rings. The number of aliphatic hydroxyl groups excluding tert-OH is 1. The van der Waals surface area contributed by atoms with Gasteiger partial charge in [0.1, 0.15) is 0 Å². The minimum absolute atomic E-state index is 0.185. The zero-order valence-electron chi connectivity index (χ0n) is 10.9. The van der Waals surface area contributed by atoms with E-state index in [0.29, 0.717) is 6.54 Å². The molecule has 0 aliphatic heterocycles. The minimum Gasteiger partial charge on any atom is -0.395 e. The van der Waals surface area contributed by atoms with Crippen LogP contribution in [0.2, 0.25) is 0 Å². The summed E-state index contributed by atoms with van der Waals surface area (Å²) in [5.41, 5.74) is 0. The highest BCUT2D eigenvalue weighted by Gasteiger charge is 2.34. The Bertz CT molecular complexity index is 257. The zero-order valence-corrected chi connectivity index (χ0v) is 10.9. The average Bonchev–Trinajstić information content (AvgIpc) is 2.22. The molecule has 1 unspecified atom stereocenters. The molecular formula is C11H21F3N2O2. The largest absolute Gasteiger partial charge is 0.401 e. The van der Waals surface area contributed by atoms with Crippen LogP contribution in [0.5, 0.6) is 0 Å². The summed E-state index contributed by atoms with van der Waals surface area (Å²) in [6.07, 6.45) is -4.39. The normalized spacial score (nSPS) is 14.1. The maximum Gasteiger partial charge on any atom is 0.401 e. The predicted octanol–water partition coefficient (Wildman–Crippen LogP) is 1.00. The molecule has 0 aliphatic rings. The van der Waals surface area contributed by atoms with Gasteiger partial charge < -0.3 is 10.4 Å². The SMILES string of the molecule is CC(C)CNC(=O)C(C)N(CCO)CC(F)(F)F. The number of alkyl halides is 3. The third kappa shape index (κ3) is 7.50. The molecule has 0 saturated carbocycles. The quantitative estimate of drug-likeness (QED) is 0.726. The first-order chi connectivity index (χ1) is 8.17. The second kappa shape index (κ2) is 7.58. The van der Waals surface area contributed by atoms with Crippen LogP contribution < -0.4 is 5.32 Å². The van der Waals surface area contributed by atoms with Crippen LogP contribution in [-0.2, 0) is 4.79 Å². The van der Waals surface area contributed by atoms with Crippen molar-refractivity contribution >= 4 is 5.91 Å². The third-order valence-corrected chi connectivity index (χ3v) is 2.38. The molecule has 18 heavy (non-hydrogen) atoms. The summed E-state index contributed by atoms with van der Waals surface area (Å²) in [5, 5.41) is 11.3. The summed E-state index contributed by atoms with van der Waals surface area (Å²) in [7, 11) is 0. The van der Waals surface area contributed by atoms with Gasteiger partial charge in [0.05, 0.1) is 19.2 Å². The molecule has 0 aromatic carbocycles. The Balaban J connectivity index is 4.45. The van der Waals surface area contributed by atoms with Crippen LogP contribution in [0.15, 0.2) is 0 Å². The first-order valence-electron chi connectivity index (χ1n) is 5.86. The Morgan fingerprint density at radius 3 is 2.28 bits per heavy atom. The van der Waals surface area contributed by atoms with Gasteiger partial charge in [0.2, 0.25) is 5.91 Å². The molecule has 0 aliphatic carbocycles. The van der Waals surface area contributed by atoms with Gasteiger partial charge in [-0.05, 0) is 12.8 Å². The number of aliphatic hydroxyl groups is 1. The summed E-state index contributed by atoms with van der Waals surface area (Å²) in [5.74, 6) is -0.226. The molecular weight excluding hydrogens is 249 g/mol. The van der Waals surface area contributed by atoms with Crippen LogP contribution in [0, 0.1) is 5.92 Å². The molecule has 0 aromatic heterocycles. The standard InChI is InChI=1S/C11H21F3N2O2/c1-8(2)6-15-10(18)9(3)16(4-5-17)7-11(12,13)14/h8-9,17H,4-7H2,1-3H3,(H,15,18).